The fourth-order valence-electron chi connectivity index (χ4n) is 2.08. The Morgan fingerprint density at radius 2 is 1.58 bits per heavy atom. The largest absolute Gasteiger partial charge is 0.484 e. The number of nitrogens with one attached hydrogen (secondary N) is 2. The second kappa shape index (κ2) is 9.68. The van der Waals surface area contributed by atoms with Crippen molar-refractivity contribution in [3.8, 4) is 11.5 Å². The molecule has 0 radical (unpaired) electrons. The summed E-state index contributed by atoms with van der Waals surface area (Å²) in [5.74, 6) is 0.659. The zero-order chi connectivity index (χ0) is 18.9. The first-order valence-corrected chi connectivity index (χ1v) is 8.54. The van der Waals surface area contributed by atoms with Crippen LogP contribution >= 0.6 is 11.6 Å². The van der Waals surface area contributed by atoms with E-state index in [4.69, 9.17) is 21.1 Å². The van der Waals surface area contributed by atoms with Gasteiger partial charge in [-0.1, -0.05) is 11.6 Å². The van der Waals surface area contributed by atoms with Gasteiger partial charge in [0.1, 0.15) is 11.5 Å². The number of anilines is 1. The van der Waals surface area contributed by atoms with Crippen LogP contribution < -0.4 is 20.1 Å². The highest BCUT2D eigenvalue weighted by molar-refractivity contribution is 6.31. The van der Waals surface area contributed by atoms with E-state index in [0.717, 1.165) is 5.56 Å². The van der Waals surface area contributed by atoms with Gasteiger partial charge in [0.25, 0.3) is 11.8 Å². The van der Waals surface area contributed by atoms with E-state index in [9.17, 15) is 9.59 Å². The number of hydrogen-bond donors (Lipinski definition) is 2. The molecular formula is C19H21ClN2O4. The van der Waals surface area contributed by atoms with Gasteiger partial charge in [0.15, 0.2) is 13.2 Å². The molecule has 0 heterocycles. The molecule has 2 N–H and O–H groups in total. The van der Waals surface area contributed by atoms with Gasteiger partial charge in [0, 0.05) is 17.3 Å². The van der Waals surface area contributed by atoms with Crippen molar-refractivity contribution in [3.05, 3.63) is 53.1 Å². The lowest BCUT2D eigenvalue weighted by Crippen LogP contribution is -2.28. The topological polar surface area (TPSA) is 76.7 Å². The maximum atomic E-state index is 12.0. The van der Waals surface area contributed by atoms with Gasteiger partial charge in [-0.3, -0.25) is 9.59 Å². The molecule has 0 saturated heterocycles. The molecule has 7 heteroatoms. The normalized spacial score (nSPS) is 10.1. The van der Waals surface area contributed by atoms with Crippen molar-refractivity contribution in [2.24, 2.45) is 0 Å². The Bertz CT molecular complexity index is 763. The molecule has 2 aromatic rings. The molecule has 138 valence electrons. The van der Waals surface area contributed by atoms with Gasteiger partial charge in [-0.05, 0) is 61.9 Å². The Morgan fingerprint density at radius 1 is 0.962 bits per heavy atom. The minimum atomic E-state index is -0.284. The van der Waals surface area contributed by atoms with Crippen molar-refractivity contribution in [1.82, 2.24) is 5.32 Å². The minimum absolute atomic E-state index is 0.0477. The molecule has 0 aliphatic heterocycles. The molecule has 26 heavy (non-hydrogen) atoms. The van der Waals surface area contributed by atoms with Crippen LogP contribution in [0, 0.1) is 6.92 Å². The lowest BCUT2D eigenvalue weighted by molar-refractivity contribution is -0.123. The second-order valence-corrected chi connectivity index (χ2v) is 5.92. The summed E-state index contributed by atoms with van der Waals surface area (Å²) in [7, 11) is 0. The Morgan fingerprint density at radius 3 is 2.23 bits per heavy atom. The van der Waals surface area contributed by atoms with Gasteiger partial charge in [0.2, 0.25) is 0 Å². The van der Waals surface area contributed by atoms with Crippen molar-refractivity contribution >= 4 is 29.1 Å². The maximum Gasteiger partial charge on any atom is 0.262 e. The molecule has 2 amide bonds. The van der Waals surface area contributed by atoms with E-state index in [0.29, 0.717) is 28.8 Å². The first-order valence-electron chi connectivity index (χ1n) is 8.16. The number of carbonyl (C=O) groups excluding carboxylic acids is 2. The number of likely N-dealkylation sites (N-methyl/N-ethyl adjacent to an activating group) is 1. The smallest absolute Gasteiger partial charge is 0.262 e. The molecule has 0 saturated carbocycles. The third-order valence-corrected chi connectivity index (χ3v) is 3.81. The second-order valence-electron chi connectivity index (χ2n) is 5.51. The fraction of sp³-hybridized carbons (Fsp3) is 0.263. The summed E-state index contributed by atoms with van der Waals surface area (Å²) in [6, 6.07) is 12.0. The predicted molar refractivity (Wildman–Crippen MR) is 101 cm³/mol. The van der Waals surface area contributed by atoms with Crippen LogP contribution in [0.25, 0.3) is 0 Å². The molecule has 0 aliphatic rings. The molecule has 0 fully saturated rings. The number of aryl methyl sites for hydroxylation is 1. The summed E-state index contributed by atoms with van der Waals surface area (Å²) >= 11 is 5.95. The molecule has 0 aromatic heterocycles. The number of carbonyl (C=O) groups is 2. The van der Waals surface area contributed by atoms with E-state index >= 15 is 0 Å². The molecule has 2 rings (SSSR count). The fourth-order valence-corrected chi connectivity index (χ4v) is 2.20. The standard InChI is InChI=1S/C19H21ClN2O4/c1-3-21-18(23)11-25-15-6-4-14(5-7-15)22-19(24)12-26-16-8-9-17(20)13(2)10-16/h4-10H,3,11-12H2,1-2H3,(H,21,23)(H,22,24). The Kier molecular flexibility index (Phi) is 7.29. The Balaban J connectivity index is 1.79. The van der Waals surface area contributed by atoms with Crippen molar-refractivity contribution in [3.63, 3.8) is 0 Å². The predicted octanol–water partition coefficient (Wildman–Crippen LogP) is 3.18. The highest BCUT2D eigenvalue weighted by Gasteiger charge is 2.06. The molecular weight excluding hydrogens is 356 g/mol. The Labute approximate surface area is 157 Å². The van der Waals surface area contributed by atoms with E-state index < -0.39 is 0 Å². The summed E-state index contributed by atoms with van der Waals surface area (Å²) in [6.45, 7) is 4.10. The number of hydrogen-bond acceptors (Lipinski definition) is 4. The molecule has 0 atom stereocenters. The average Bonchev–Trinajstić information content (AvgIpc) is 2.62. The van der Waals surface area contributed by atoms with Crippen LogP contribution in [0.3, 0.4) is 0 Å². The van der Waals surface area contributed by atoms with E-state index in [1.54, 1.807) is 42.5 Å². The zero-order valence-corrected chi connectivity index (χ0v) is 15.4. The van der Waals surface area contributed by atoms with Crippen LogP contribution in [0.1, 0.15) is 12.5 Å². The van der Waals surface area contributed by atoms with E-state index in [-0.39, 0.29) is 25.0 Å². The van der Waals surface area contributed by atoms with Crippen LogP contribution in [0.5, 0.6) is 11.5 Å². The zero-order valence-electron chi connectivity index (χ0n) is 14.7. The van der Waals surface area contributed by atoms with Gasteiger partial charge in [-0.25, -0.2) is 0 Å². The van der Waals surface area contributed by atoms with Gasteiger partial charge in [-0.2, -0.15) is 0 Å². The number of halogens is 1. The van der Waals surface area contributed by atoms with Crippen molar-refractivity contribution < 1.29 is 19.1 Å². The molecule has 0 spiro atoms. The molecule has 0 bridgehead atoms. The molecule has 2 aromatic carbocycles. The van der Waals surface area contributed by atoms with Crippen LogP contribution in [-0.2, 0) is 9.59 Å². The summed E-state index contributed by atoms with van der Waals surface area (Å²) in [5.41, 5.74) is 1.49. The lowest BCUT2D eigenvalue weighted by atomic mass is 10.2. The first kappa shape index (κ1) is 19.6. The SMILES string of the molecule is CCNC(=O)COc1ccc(NC(=O)COc2ccc(Cl)c(C)c2)cc1. The van der Waals surface area contributed by atoms with Crippen molar-refractivity contribution in [1.29, 1.82) is 0 Å². The minimum Gasteiger partial charge on any atom is -0.484 e. The maximum absolute atomic E-state index is 12.0. The molecule has 6 nitrogen and oxygen atoms in total. The highest BCUT2D eigenvalue weighted by Crippen LogP contribution is 2.21. The number of rotatable bonds is 8. The number of amides is 2. The third-order valence-electron chi connectivity index (χ3n) is 3.38. The van der Waals surface area contributed by atoms with Crippen LogP contribution in [0.15, 0.2) is 42.5 Å². The molecule has 0 unspecified atom stereocenters. The van der Waals surface area contributed by atoms with Gasteiger partial charge in [0.05, 0.1) is 0 Å². The summed E-state index contributed by atoms with van der Waals surface area (Å²) in [4.78, 5) is 23.3. The monoisotopic (exact) mass is 376 g/mol. The van der Waals surface area contributed by atoms with Gasteiger partial charge in [-0.15, -0.1) is 0 Å². The van der Waals surface area contributed by atoms with E-state index in [2.05, 4.69) is 10.6 Å². The molecule has 0 aliphatic carbocycles. The quantitative estimate of drug-likeness (QED) is 0.741. The van der Waals surface area contributed by atoms with Crippen LogP contribution in [0.2, 0.25) is 5.02 Å². The highest BCUT2D eigenvalue weighted by atomic mass is 35.5. The summed E-state index contributed by atoms with van der Waals surface area (Å²) in [6.07, 6.45) is 0. The number of ether oxygens (including phenoxy) is 2. The van der Waals surface area contributed by atoms with Crippen molar-refractivity contribution in [2.45, 2.75) is 13.8 Å². The first-order chi connectivity index (χ1) is 12.5. The lowest BCUT2D eigenvalue weighted by Gasteiger charge is -2.10. The van der Waals surface area contributed by atoms with Gasteiger partial charge < -0.3 is 20.1 Å². The van der Waals surface area contributed by atoms with Crippen LogP contribution in [0.4, 0.5) is 5.69 Å². The van der Waals surface area contributed by atoms with Crippen molar-refractivity contribution in [2.75, 3.05) is 25.1 Å². The van der Waals surface area contributed by atoms with Crippen LogP contribution in [-0.4, -0.2) is 31.6 Å². The third kappa shape index (κ3) is 6.29. The summed E-state index contributed by atoms with van der Waals surface area (Å²) < 4.78 is 10.8. The number of benzene rings is 2. The van der Waals surface area contributed by atoms with Gasteiger partial charge >= 0.3 is 0 Å². The average molecular weight is 377 g/mol. The van der Waals surface area contributed by atoms with E-state index in [1.165, 1.54) is 0 Å². The Hall–Kier alpha value is -2.73. The van der Waals surface area contributed by atoms with E-state index in [1.807, 2.05) is 13.8 Å². The summed E-state index contributed by atoms with van der Waals surface area (Å²) in [5, 5.41) is 6.02.